The molecule has 1 atom stereocenters. The lowest BCUT2D eigenvalue weighted by molar-refractivity contribution is -0.146. The Bertz CT molecular complexity index is 571. The summed E-state index contributed by atoms with van der Waals surface area (Å²) < 4.78 is 5.04. The number of nitrogens with zero attached hydrogens (tertiary/aromatic N) is 3. The molecule has 7 heteroatoms. The third kappa shape index (κ3) is 3.43. The second-order valence-electron chi connectivity index (χ2n) is 5.01. The van der Waals surface area contributed by atoms with E-state index in [2.05, 4.69) is 10.5 Å². The summed E-state index contributed by atoms with van der Waals surface area (Å²) in [7, 11) is 3.49. The van der Waals surface area contributed by atoms with Crippen LogP contribution in [0.4, 0.5) is 5.69 Å². The van der Waals surface area contributed by atoms with Gasteiger partial charge in [-0.05, 0) is 19.1 Å². The number of hydrogen-bond donors (Lipinski definition) is 1. The number of hydrogen-bond acceptors (Lipinski definition) is 6. The molecule has 1 heterocycles. The van der Waals surface area contributed by atoms with Gasteiger partial charge in [0.1, 0.15) is 11.6 Å². The maximum Gasteiger partial charge on any atom is 0.317 e. The largest absolute Gasteiger partial charge is 0.465 e. The molecule has 7 nitrogen and oxygen atoms in total. The molecule has 1 fully saturated rings. The highest BCUT2D eigenvalue weighted by Crippen LogP contribution is 2.19. The Balaban J connectivity index is 2.23. The molecule has 118 valence electrons. The highest BCUT2D eigenvalue weighted by Gasteiger charge is 2.43. The molecular formula is C15H20N4O3. The summed E-state index contributed by atoms with van der Waals surface area (Å²) >= 11 is 0. The van der Waals surface area contributed by atoms with E-state index in [-0.39, 0.29) is 24.8 Å². The summed E-state index contributed by atoms with van der Waals surface area (Å²) in [5, 5.41) is 7.24. The molecule has 1 aromatic carbocycles. The number of nitrogens with one attached hydrogen (secondary N) is 1. The Morgan fingerprint density at radius 1 is 1.41 bits per heavy atom. The predicted molar refractivity (Wildman–Crippen MR) is 83.0 cm³/mol. The lowest BCUT2D eigenvalue weighted by Crippen LogP contribution is -2.39. The van der Waals surface area contributed by atoms with Crippen LogP contribution in [-0.4, -0.2) is 54.9 Å². The summed E-state index contributed by atoms with van der Waals surface area (Å²) in [6, 6.07) is 9.25. The van der Waals surface area contributed by atoms with Crippen molar-refractivity contribution in [1.82, 2.24) is 10.0 Å². The van der Waals surface area contributed by atoms with Crippen LogP contribution < -0.4 is 5.43 Å². The molecule has 0 spiro atoms. The van der Waals surface area contributed by atoms with Crippen LogP contribution >= 0.6 is 0 Å². The van der Waals surface area contributed by atoms with E-state index in [1.807, 2.05) is 30.3 Å². The van der Waals surface area contributed by atoms with Crippen LogP contribution in [0.5, 0.6) is 0 Å². The number of esters is 1. The van der Waals surface area contributed by atoms with Crippen molar-refractivity contribution in [3.63, 3.8) is 0 Å². The highest BCUT2D eigenvalue weighted by molar-refractivity contribution is 6.44. The minimum absolute atomic E-state index is 0.163. The molecule has 1 unspecified atom stereocenters. The van der Waals surface area contributed by atoms with Gasteiger partial charge in [0.15, 0.2) is 0 Å². The Kier molecular flexibility index (Phi) is 5.11. The second-order valence-corrected chi connectivity index (χ2v) is 5.01. The summed E-state index contributed by atoms with van der Waals surface area (Å²) in [6.07, 6.45) is 0. The Labute approximate surface area is 129 Å². The van der Waals surface area contributed by atoms with Crippen molar-refractivity contribution in [3.05, 3.63) is 30.3 Å². The SMILES string of the molecule is CCOC(=O)C1CN(N(C)C)C(=O)C1=NNc1ccccc1. The van der Waals surface area contributed by atoms with E-state index < -0.39 is 11.9 Å². The first-order valence-electron chi connectivity index (χ1n) is 7.09. The number of carbonyl (C=O) groups excluding carboxylic acids is 2. The average molecular weight is 304 g/mol. The summed E-state index contributed by atoms with van der Waals surface area (Å²) in [6.45, 7) is 2.24. The van der Waals surface area contributed by atoms with Gasteiger partial charge in [-0.2, -0.15) is 5.10 Å². The molecule has 0 radical (unpaired) electrons. The van der Waals surface area contributed by atoms with Gasteiger partial charge in [0.05, 0.1) is 18.8 Å². The third-order valence-electron chi connectivity index (χ3n) is 3.27. The van der Waals surface area contributed by atoms with Gasteiger partial charge in [-0.15, -0.1) is 0 Å². The Morgan fingerprint density at radius 2 is 2.09 bits per heavy atom. The number of para-hydroxylation sites is 1. The van der Waals surface area contributed by atoms with E-state index in [4.69, 9.17) is 4.74 Å². The molecule has 22 heavy (non-hydrogen) atoms. The first kappa shape index (κ1) is 16.0. The van der Waals surface area contributed by atoms with Crippen molar-refractivity contribution < 1.29 is 14.3 Å². The molecule has 1 aliphatic heterocycles. The maximum absolute atomic E-state index is 12.4. The van der Waals surface area contributed by atoms with Gasteiger partial charge >= 0.3 is 5.97 Å². The zero-order valence-electron chi connectivity index (χ0n) is 12.9. The molecule has 0 aromatic heterocycles. The van der Waals surface area contributed by atoms with E-state index >= 15 is 0 Å². The van der Waals surface area contributed by atoms with Gasteiger partial charge < -0.3 is 4.74 Å². The second kappa shape index (κ2) is 7.04. The summed E-state index contributed by atoms with van der Waals surface area (Å²) in [5.74, 6) is -1.42. The zero-order valence-corrected chi connectivity index (χ0v) is 12.9. The standard InChI is InChI=1S/C15H20N4O3/c1-4-22-15(21)12-10-19(18(2)3)14(20)13(12)17-16-11-8-6-5-7-9-11/h5-9,12,16H,4,10H2,1-3H3. The number of hydrazine groups is 1. The molecule has 0 aliphatic carbocycles. The maximum atomic E-state index is 12.4. The monoisotopic (exact) mass is 304 g/mol. The Hall–Kier alpha value is -2.41. The van der Waals surface area contributed by atoms with Crippen molar-refractivity contribution >= 4 is 23.3 Å². The predicted octanol–water partition coefficient (Wildman–Crippen LogP) is 0.953. The smallest absolute Gasteiger partial charge is 0.317 e. The molecule has 2 rings (SSSR count). The van der Waals surface area contributed by atoms with Gasteiger partial charge in [-0.3, -0.25) is 20.0 Å². The number of carbonyl (C=O) groups is 2. The average Bonchev–Trinajstić information content (AvgIpc) is 2.83. The number of amides is 1. The number of hydrazone groups is 1. The van der Waals surface area contributed by atoms with E-state index in [9.17, 15) is 9.59 Å². The number of benzene rings is 1. The van der Waals surface area contributed by atoms with Crippen LogP contribution in [0.2, 0.25) is 0 Å². The summed E-state index contributed by atoms with van der Waals surface area (Å²) in [4.78, 5) is 24.4. The number of anilines is 1. The fraction of sp³-hybridized carbons (Fsp3) is 0.400. The molecular weight excluding hydrogens is 284 g/mol. The normalized spacial score (nSPS) is 19.8. The van der Waals surface area contributed by atoms with Crippen LogP contribution in [0, 0.1) is 5.92 Å². The van der Waals surface area contributed by atoms with Gasteiger partial charge in [0.25, 0.3) is 5.91 Å². The van der Waals surface area contributed by atoms with Gasteiger partial charge in [-0.25, -0.2) is 5.01 Å². The fourth-order valence-corrected chi connectivity index (χ4v) is 2.16. The molecule has 0 saturated carbocycles. The minimum atomic E-state index is -0.689. The molecule has 1 amide bonds. The fourth-order valence-electron chi connectivity index (χ4n) is 2.16. The van der Waals surface area contributed by atoms with Crippen molar-refractivity contribution in [3.8, 4) is 0 Å². The van der Waals surface area contributed by atoms with E-state index in [1.54, 1.807) is 26.0 Å². The van der Waals surface area contributed by atoms with Crippen molar-refractivity contribution in [2.45, 2.75) is 6.92 Å². The molecule has 0 bridgehead atoms. The molecule has 1 aliphatic rings. The van der Waals surface area contributed by atoms with Crippen molar-refractivity contribution in [1.29, 1.82) is 0 Å². The van der Waals surface area contributed by atoms with Gasteiger partial charge in [0.2, 0.25) is 0 Å². The molecule has 1 aromatic rings. The van der Waals surface area contributed by atoms with Crippen molar-refractivity contribution in [2.24, 2.45) is 11.0 Å². The molecule has 1 saturated heterocycles. The van der Waals surface area contributed by atoms with Crippen molar-refractivity contribution in [2.75, 3.05) is 32.7 Å². The third-order valence-corrected chi connectivity index (χ3v) is 3.27. The number of rotatable bonds is 5. The van der Waals surface area contributed by atoms with E-state index in [0.717, 1.165) is 5.69 Å². The van der Waals surface area contributed by atoms with E-state index in [0.29, 0.717) is 0 Å². The summed E-state index contributed by atoms with van der Waals surface area (Å²) in [5.41, 5.74) is 3.72. The Morgan fingerprint density at radius 3 is 2.68 bits per heavy atom. The highest BCUT2D eigenvalue weighted by atomic mass is 16.5. The quantitative estimate of drug-likeness (QED) is 0.647. The lowest BCUT2D eigenvalue weighted by Gasteiger charge is -2.22. The van der Waals surface area contributed by atoms with Crippen LogP contribution in [0.3, 0.4) is 0 Å². The van der Waals surface area contributed by atoms with Gasteiger partial charge in [0, 0.05) is 14.1 Å². The van der Waals surface area contributed by atoms with Crippen LogP contribution in [0.1, 0.15) is 6.92 Å². The van der Waals surface area contributed by atoms with Gasteiger partial charge in [-0.1, -0.05) is 18.2 Å². The van der Waals surface area contributed by atoms with E-state index in [1.165, 1.54) is 5.01 Å². The lowest BCUT2D eigenvalue weighted by atomic mass is 10.1. The first-order valence-corrected chi connectivity index (χ1v) is 7.09. The van der Waals surface area contributed by atoms with Crippen LogP contribution in [0.15, 0.2) is 35.4 Å². The van der Waals surface area contributed by atoms with Crippen LogP contribution in [-0.2, 0) is 14.3 Å². The number of ether oxygens (including phenoxy) is 1. The van der Waals surface area contributed by atoms with Crippen LogP contribution in [0.25, 0.3) is 0 Å². The minimum Gasteiger partial charge on any atom is -0.465 e. The topological polar surface area (TPSA) is 74.2 Å². The molecule has 1 N–H and O–H groups in total. The zero-order chi connectivity index (χ0) is 16.1. The first-order chi connectivity index (χ1) is 10.5.